The number of benzene rings is 1. The maximum atomic E-state index is 12.3. The number of carbonyl (C=O) groups excluding carboxylic acids is 1. The molecule has 5 nitrogen and oxygen atoms in total. The third-order valence-corrected chi connectivity index (χ3v) is 3.50. The van der Waals surface area contributed by atoms with Crippen molar-refractivity contribution in [1.29, 1.82) is 0 Å². The van der Waals surface area contributed by atoms with Crippen molar-refractivity contribution in [2.45, 2.75) is 6.04 Å². The highest BCUT2D eigenvalue weighted by Gasteiger charge is 2.20. The molecule has 2 aromatic rings. The lowest BCUT2D eigenvalue weighted by Crippen LogP contribution is -2.40. The van der Waals surface area contributed by atoms with E-state index >= 15 is 0 Å². The Balaban J connectivity index is 2.28. The number of amides is 2. The van der Waals surface area contributed by atoms with E-state index in [1.54, 1.807) is 34.8 Å². The minimum absolute atomic E-state index is 0.189. The van der Waals surface area contributed by atoms with Crippen LogP contribution in [0.3, 0.4) is 0 Å². The van der Waals surface area contributed by atoms with E-state index in [1.165, 1.54) is 0 Å². The SMILES string of the molecule is C=CCN(C)C(=O)N[C@@H](c1ccc(Cl)cc1)c1ccn(C)n1. The zero-order valence-corrected chi connectivity index (χ0v) is 13.4. The van der Waals surface area contributed by atoms with Crippen LogP contribution in [0.2, 0.25) is 5.02 Å². The second-order valence-electron chi connectivity index (χ2n) is 5.02. The van der Waals surface area contributed by atoms with E-state index in [-0.39, 0.29) is 12.1 Å². The summed E-state index contributed by atoms with van der Waals surface area (Å²) in [5.74, 6) is 0. The van der Waals surface area contributed by atoms with Crippen LogP contribution >= 0.6 is 11.6 Å². The van der Waals surface area contributed by atoms with Gasteiger partial charge in [0, 0.05) is 31.9 Å². The van der Waals surface area contributed by atoms with Crippen LogP contribution in [0, 0.1) is 0 Å². The van der Waals surface area contributed by atoms with E-state index in [0.717, 1.165) is 11.3 Å². The summed E-state index contributed by atoms with van der Waals surface area (Å²) < 4.78 is 1.71. The molecule has 1 heterocycles. The molecule has 2 rings (SSSR count). The van der Waals surface area contributed by atoms with Gasteiger partial charge in [0.05, 0.1) is 5.69 Å². The fourth-order valence-electron chi connectivity index (χ4n) is 2.08. The van der Waals surface area contributed by atoms with Crippen LogP contribution in [0.4, 0.5) is 4.79 Å². The Hall–Kier alpha value is -2.27. The maximum absolute atomic E-state index is 12.3. The van der Waals surface area contributed by atoms with Gasteiger partial charge in [0.2, 0.25) is 0 Å². The highest BCUT2D eigenvalue weighted by molar-refractivity contribution is 6.30. The number of likely N-dealkylation sites (N-methyl/N-ethyl adjacent to an activating group) is 1. The summed E-state index contributed by atoms with van der Waals surface area (Å²) in [4.78, 5) is 13.8. The predicted molar refractivity (Wildman–Crippen MR) is 87.9 cm³/mol. The maximum Gasteiger partial charge on any atom is 0.318 e. The van der Waals surface area contributed by atoms with E-state index in [1.807, 2.05) is 31.4 Å². The van der Waals surface area contributed by atoms with Gasteiger partial charge in [-0.2, -0.15) is 5.10 Å². The third-order valence-electron chi connectivity index (χ3n) is 3.25. The Kier molecular flexibility index (Phi) is 5.22. The van der Waals surface area contributed by atoms with E-state index in [2.05, 4.69) is 17.0 Å². The van der Waals surface area contributed by atoms with Gasteiger partial charge in [-0.15, -0.1) is 6.58 Å². The highest BCUT2D eigenvalue weighted by Crippen LogP contribution is 2.22. The van der Waals surface area contributed by atoms with Crippen molar-refractivity contribution in [3.05, 3.63) is 65.5 Å². The summed E-state index contributed by atoms with van der Waals surface area (Å²) in [5.41, 5.74) is 1.69. The zero-order chi connectivity index (χ0) is 16.1. The predicted octanol–water partition coefficient (Wildman–Crippen LogP) is 2.99. The van der Waals surface area contributed by atoms with E-state index in [9.17, 15) is 4.79 Å². The molecule has 1 aromatic heterocycles. The van der Waals surface area contributed by atoms with Crippen LogP contribution in [0.5, 0.6) is 0 Å². The Morgan fingerprint density at radius 3 is 2.68 bits per heavy atom. The number of hydrogen-bond acceptors (Lipinski definition) is 2. The average molecular weight is 319 g/mol. The summed E-state index contributed by atoms with van der Waals surface area (Å²) in [6.45, 7) is 4.11. The summed E-state index contributed by atoms with van der Waals surface area (Å²) in [7, 11) is 3.56. The number of urea groups is 1. The van der Waals surface area contributed by atoms with Gasteiger partial charge >= 0.3 is 6.03 Å². The molecule has 116 valence electrons. The van der Waals surface area contributed by atoms with Gasteiger partial charge in [0.15, 0.2) is 0 Å². The van der Waals surface area contributed by atoms with Crippen LogP contribution in [-0.2, 0) is 7.05 Å². The van der Waals surface area contributed by atoms with Gasteiger partial charge in [-0.25, -0.2) is 4.79 Å². The number of aryl methyl sites for hydroxylation is 1. The number of carbonyl (C=O) groups is 1. The zero-order valence-electron chi connectivity index (χ0n) is 12.7. The number of nitrogens with one attached hydrogen (secondary N) is 1. The molecule has 0 saturated heterocycles. The van der Waals surface area contributed by atoms with Crippen molar-refractivity contribution in [1.82, 2.24) is 20.0 Å². The van der Waals surface area contributed by atoms with Crippen molar-refractivity contribution >= 4 is 17.6 Å². The fourth-order valence-corrected chi connectivity index (χ4v) is 2.21. The molecule has 0 aliphatic carbocycles. The van der Waals surface area contributed by atoms with Gasteiger partial charge in [-0.1, -0.05) is 29.8 Å². The fraction of sp³-hybridized carbons (Fsp3) is 0.250. The highest BCUT2D eigenvalue weighted by atomic mass is 35.5. The number of hydrogen-bond donors (Lipinski definition) is 1. The number of aromatic nitrogens is 2. The summed E-state index contributed by atoms with van der Waals surface area (Å²) >= 11 is 5.94. The molecular weight excluding hydrogens is 300 g/mol. The molecule has 0 aliphatic heterocycles. The molecule has 0 radical (unpaired) electrons. The summed E-state index contributed by atoms with van der Waals surface area (Å²) in [6, 6.07) is 8.72. The Morgan fingerprint density at radius 2 is 2.14 bits per heavy atom. The van der Waals surface area contributed by atoms with Crippen molar-refractivity contribution in [3.8, 4) is 0 Å². The first-order valence-electron chi connectivity index (χ1n) is 6.89. The van der Waals surface area contributed by atoms with Crippen molar-refractivity contribution < 1.29 is 4.79 Å². The Labute approximate surface area is 135 Å². The largest absolute Gasteiger partial charge is 0.325 e. The standard InChI is InChI=1S/C16H19ClN4O/c1-4-10-20(2)16(22)18-15(14-9-11-21(3)19-14)12-5-7-13(17)8-6-12/h4-9,11,15H,1,10H2,2-3H3,(H,18,22)/t15-/m0/s1. The van der Waals surface area contributed by atoms with Gasteiger partial charge in [-0.3, -0.25) is 4.68 Å². The molecule has 0 fully saturated rings. The van der Waals surface area contributed by atoms with Crippen molar-refractivity contribution in [2.24, 2.45) is 7.05 Å². The minimum Gasteiger partial charge on any atom is -0.325 e. The average Bonchev–Trinajstić information content (AvgIpc) is 2.92. The molecule has 1 atom stereocenters. The lowest BCUT2D eigenvalue weighted by Gasteiger charge is -2.22. The monoisotopic (exact) mass is 318 g/mol. The second-order valence-corrected chi connectivity index (χ2v) is 5.45. The van der Waals surface area contributed by atoms with Crippen LogP contribution in [0.25, 0.3) is 0 Å². The van der Waals surface area contributed by atoms with Gasteiger partial charge in [0.25, 0.3) is 0 Å². The van der Waals surface area contributed by atoms with E-state index < -0.39 is 0 Å². The quantitative estimate of drug-likeness (QED) is 0.862. The molecule has 0 saturated carbocycles. The summed E-state index contributed by atoms with van der Waals surface area (Å²) in [5, 5.41) is 8.04. The lowest BCUT2D eigenvalue weighted by molar-refractivity contribution is 0.210. The molecule has 1 N–H and O–H groups in total. The van der Waals surface area contributed by atoms with Crippen molar-refractivity contribution in [3.63, 3.8) is 0 Å². The van der Waals surface area contributed by atoms with Gasteiger partial charge in [-0.05, 0) is 23.8 Å². The Morgan fingerprint density at radius 1 is 1.45 bits per heavy atom. The van der Waals surface area contributed by atoms with Crippen LogP contribution in [0.1, 0.15) is 17.3 Å². The molecule has 0 bridgehead atoms. The molecule has 0 spiro atoms. The molecule has 1 aromatic carbocycles. The molecule has 6 heteroatoms. The van der Waals surface area contributed by atoms with Gasteiger partial charge < -0.3 is 10.2 Å². The minimum atomic E-state index is -0.335. The summed E-state index contributed by atoms with van der Waals surface area (Å²) in [6.07, 6.45) is 3.52. The lowest BCUT2D eigenvalue weighted by atomic mass is 10.0. The molecule has 22 heavy (non-hydrogen) atoms. The third kappa shape index (κ3) is 3.89. The van der Waals surface area contributed by atoms with Crippen LogP contribution in [-0.4, -0.2) is 34.3 Å². The van der Waals surface area contributed by atoms with Gasteiger partial charge in [0.1, 0.15) is 6.04 Å². The first-order valence-corrected chi connectivity index (χ1v) is 7.26. The first-order chi connectivity index (χ1) is 10.5. The number of nitrogens with zero attached hydrogens (tertiary/aromatic N) is 3. The Bertz CT molecular complexity index is 650. The molecule has 2 amide bonds. The topological polar surface area (TPSA) is 50.2 Å². The van der Waals surface area contributed by atoms with E-state index in [4.69, 9.17) is 11.6 Å². The molecule has 0 unspecified atom stereocenters. The number of rotatable bonds is 5. The normalized spacial score (nSPS) is 11.8. The van der Waals surface area contributed by atoms with E-state index in [0.29, 0.717) is 11.6 Å². The molecular formula is C16H19ClN4O. The van der Waals surface area contributed by atoms with Crippen LogP contribution in [0.15, 0.2) is 49.2 Å². The smallest absolute Gasteiger partial charge is 0.318 e. The second kappa shape index (κ2) is 7.13. The van der Waals surface area contributed by atoms with Crippen LogP contribution < -0.4 is 5.32 Å². The molecule has 0 aliphatic rings. The number of halogens is 1. The first kappa shape index (κ1) is 16.1. The van der Waals surface area contributed by atoms with Crippen molar-refractivity contribution in [2.75, 3.05) is 13.6 Å².